The summed E-state index contributed by atoms with van der Waals surface area (Å²) < 4.78 is 0. The van der Waals surface area contributed by atoms with Crippen LogP contribution in [0.25, 0.3) is 0 Å². The maximum absolute atomic E-state index is 2.60. The highest BCUT2D eigenvalue weighted by atomic mass is 14.2. The summed E-state index contributed by atoms with van der Waals surface area (Å²) in [6.45, 7) is 70.2. The molecule has 132 heavy (non-hydrogen) atoms. The minimum atomic E-state index is 0.347. The van der Waals surface area contributed by atoms with Crippen LogP contribution in [0.5, 0.6) is 0 Å². The van der Waals surface area contributed by atoms with Crippen molar-refractivity contribution < 1.29 is 0 Å². The molecule has 798 valence electrons. The molecule has 0 heteroatoms. The molecule has 0 spiro atoms. The van der Waals surface area contributed by atoms with Gasteiger partial charge in [-0.3, -0.25) is 0 Å². The maximum atomic E-state index is 2.60. The molecule has 0 aromatic heterocycles. The van der Waals surface area contributed by atoms with Crippen LogP contribution in [-0.4, -0.2) is 0 Å². The fourth-order valence-electron chi connectivity index (χ4n) is 19.4. The molecule has 0 heterocycles. The Kier molecular flexibility index (Phi) is 114. The van der Waals surface area contributed by atoms with E-state index in [4.69, 9.17) is 0 Å². The molecule has 0 amide bonds. The number of rotatable bonds is 87. The van der Waals surface area contributed by atoms with Crippen LogP contribution < -0.4 is 0 Å². The van der Waals surface area contributed by atoms with E-state index in [0.29, 0.717) is 32.5 Å². The van der Waals surface area contributed by atoms with Crippen LogP contribution in [0.2, 0.25) is 0 Å². The van der Waals surface area contributed by atoms with Gasteiger partial charge in [-0.1, -0.05) is 666 Å². The van der Waals surface area contributed by atoms with Crippen molar-refractivity contribution in [2.75, 3.05) is 0 Å². The lowest BCUT2D eigenvalue weighted by molar-refractivity contribution is 0.314. The van der Waals surface area contributed by atoms with Crippen molar-refractivity contribution in [3.8, 4) is 0 Å². The van der Waals surface area contributed by atoms with E-state index in [-0.39, 0.29) is 0 Å². The van der Waals surface area contributed by atoms with Gasteiger partial charge in [0.25, 0.3) is 0 Å². The van der Waals surface area contributed by atoms with E-state index < -0.39 is 0 Å². The summed E-state index contributed by atoms with van der Waals surface area (Å²) >= 11 is 0. The maximum Gasteiger partial charge on any atom is -0.0200 e. The van der Waals surface area contributed by atoms with Gasteiger partial charge in [0.2, 0.25) is 0 Å². The van der Waals surface area contributed by atoms with E-state index in [0.717, 1.165) is 17.8 Å². The van der Waals surface area contributed by atoms with Crippen molar-refractivity contribution in [3.63, 3.8) is 0 Å². The van der Waals surface area contributed by atoms with Crippen LogP contribution in [0.4, 0.5) is 0 Å². The second kappa shape index (κ2) is 106. The SMILES string of the molecule is CCCCCC(=CCCCCCCC(C)(C)C)CCCCC.CCCCCC(CCCCC)CCCCCCCC(C)(C)C.CCCCCC(CCCCC)CCCCCCCC(C)(C)C.CCCCCCC(=CCCCCC(C)(C)C)CCCCCC.CCCCCCCC(CCCCCCC)CCCC(C)(C)C.CCCCCCCCC(=CC(C)(C)C)CCCCCCCC. The zero-order valence-electron chi connectivity index (χ0n) is 99.5. The molecule has 0 bridgehead atoms. The highest BCUT2D eigenvalue weighted by molar-refractivity contribution is 5.07. The first kappa shape index (κ1) is 142. The molecule has 0 N–H and O–H groups in total. The molecule has 0 aliphatic rings. The minimum Gasteiger partial charge on any atom is -0.0853 e. The van der Waals surface area contributed by atoms with E-state index in [1.165, 1.54) is 559 Å². The van der Waals surface area contributed by atoms with Crippen molar-refractivity contribution in [3.05, 3.63) is 34.9 Å². The highest BCUT2D eigenvalue weighted by Crippen LogP contribution is 2.34. The molecule has 0 aliphatic heterocycles. The number of hydrogen-bond acceptors (Lipinski definition) is 0. The van der Waals surface area contributed by atoms with Gasteiger partial charge in [0, 0.05) is 0 Å². The molecule has 0 saturated carbocycles. The summed E-state index contributed by atoms with van der Waals surface area (Å²) in [6.07, 6.45) is 131. The third-order valence-electron chi connectivity index (χ3n) is 28.3. The van der Waals surface area contributed by atoms with Gasteiger partial charge >= 0.3 is 0 Å². The van der Waals surface area contributed by atoms with Gasteiger partial charge in [-0.05, 0) is 185 Å². The lowest BCUT2D eigenvalue weighted by Gasteiger charge is -2.21. The molecule has 0 fully saturated rings. The zero-order chi connectivity index (χ0) is 100. The summed E-state index contributed by atoms with van der Waals surface area (Å²) in [5.74, 6) is 3.09. The second-order valence-corrected chi connectivity index (χ2v) is 51.0. The highest BCUT2D eigenvalue weighted by Gasteiger charge is 2.18. The Morgan fingerprint density at radius 2 is 0.295 bits per heavy atom. The Bertz CT molecular complexity index is 2070. The smallest absolute Gasteiger partial charge is 0.0200 e. The van der Waals surface area contributed by atoms with Crippen LogP contribution >= 0.6 is 0 Å². The molecule has 0 unspecified atom stereocenters. The average molecular weight is 1860 g/mol. The van der Waals surface area contributed by atoms with E-state index in [1.54, 1.807) is 16.7 Å². The third kappa shape index (κ3) is 135. The van der Waals surface area contributed by atoms with E-state index in [9.17, 15) is 0 Å². The first-order valence-corrected chi connectivity index (χ1v) is 62.0. The Morgan fingerprint density at radius 1 is 0.152 bits per heavy atom. The van der Waals surface area contributed by atoms with Crippen LogP contribution in [0, 0.1) is 50.2 Å². The van der Waals surface area contributed by atoms with Crippen molar-refractivity contribution in [2.45, 2.75) is 766 Å². The molecule has 0 aromatic rings. The normalized spacial score (nSPS) is 12.0. The Balaban J connectivity index is -0.000000361. The molecular weight excluding hydrogens is 1590 g/mol. The van der Waals surface area contributed by atoms with Gasteiger partial charge in [-0.2, -0.15) is 0 Å². The summed E-state index contributed by atoms with van der Waals surface area (Å²) in [5, 5.41) is 0. The van der Waals surface area contributed by atoms with Crippen molar-refractivity contribution >= 4 is 0 Å². The predicted molar refractivity (Wildman–Crippen MR) is 621 cm³/mol. The summed E-state index contributed by atoms with van der Waals surface area (Å²) in [7, 11) is 0. The van der Waals surface area contributed by atoms with Crippen molar-refractivity contribution in [2.24, 2.45) is 50.2 Å². The fraction of sp³-hybridized carbons (Fsp3) is 0.955. The van der Waals surface area contributed by atoms with Gasteiger partial charge in [0.05, 0.1) is 0 Å². The summed E-state index contributed by atoms with van der Waals surface area (Å²) in [5.41, 5.74) is 8.22. The number of allylic oxidation sites excluding steroid dienone is 6. The van der Waals surface area contributed by atoms with Gasteiger partial charge in [-0.25, -0.2) is 0 Å². The van der Waals surface area contributed by atoms with Gasteiger partial charge < -0.3 is 0 Å². The quantitative estimate of drug-likeness (QED) is 0.0421. The van der Waals surface area contributed by atoms with Crippen LogP contribution in [0.3, 0.4) is 0 Å². The number of unbranched alkanes of at least 4 members (excludes halogenated alkanes) is 50. The molecule has 0 rings (SSSR count). The lowest BCUT2D eigenvalue weighted by atomic mass is 9.85. The molecular formula is C132H270. The van der Waals surface area contributed by atoms with Crippen LogP contribution in [-0.2, 0) is 0 Å². The Hall–Kier alpha value is -0.780. The molecule has 0 atom stereocenters. The first-order valence-electron chi connectivity index (χ1n) is 62.0. The molecule has 0 nitrogen and oxygen atoms in total. The molecule has 0 aromatic carbocycles. The first-order chi connectivity index (χ1) is 63.0. The Labute approximate surface area is 846 Å². The van der Waals surface area contributed by atoms with Crippen molar-refractivity contribution in [1.82, 2.24) is 0 Å². The fourth-order valence-corrected chi connectivity index (χ4v) is 19.4. The second-order valence-electron chi connectivity index (χ2n) is 51.0. The standard InChI is InChI=1S/2C22H46.2C22H44.C22H46.C22H44/c3*1-6-8-13-17-21(18-14-9-7-2)19-15-11-10-12-16-20-22(3,4)5;1-6-8-10-13-17-21(18-14-11-9-7-2)19-15-12-16-20-22(3,4)5;1-6-8-10-12-14-17-21(18-15-13-11-9-7-2)19-16-20-22(3,4)5;1-6-8-10-12-14-16-18-21(20-22(3,4)5)19-17-15-13-11-9-7-2/h2*21H,6-20H2,1-5H3;2*19H,6-18,20H2,1-5H3;21H,6-20H2,1-5H3;20H,6-19H2,1-5H3. The predicted octanol–water partition coefficient (Wildman–Crippen LogP) is 51.0. The van der Waals surface area contributed by atoms with Gasteiger partial charge in [0.1, 0.15) is 0 Å². The number of hydrogen-bond donors (Lipinski definition) is 0. The topological polar surface area (TPSA) is 0 Å². The minimum absolute atomic E-state index is 0.347. The van der Waals surface area contributed by atoms with E-state index >= 15 is 0 Å². The molecule has 0 saturated heterocycles. The average Bonchev–Trinajstić information content (AvgIpc) is 0.929. The van der Waals surface area contributed by atoms with Gasteiger partial charge in [-0.15, -0.1) is 0 Å². The van der Waals surface area contributed by atoms with Gasteiger partial charge in [0.15, 0.2) is 0 Å². The van der Waals surface area contributed by atoms with Crippen molar-refractivity contribution in [1.29, 1.82) is 0 Å². The Morgan fingerprint density at radius 3 is 0.530 bits per heavy atom. The van der Waals surface area contributed by atoms with E-state index in [1.807, 2.05) is 0 Å². The summed E-state index contributed by atoms with van der Waals surface area (Å²) in [6, 6.07) is 0. The van der Waals surface area contributed by atoms with Crippen LogP contribution in [0.15, 0.2) is 34.9 Å². The third-order valence-corrected chi connectivity index (χ3v) is 28.3. The summed E-state index contributed by atoms with van der Waals surface area (Å²) in [4.78, 5) is 0. The van der Waals surface area contributed by atoms with E-state index in [2.05, 4.69) is 226 Å². The zero-order valence-corrected chi connectivity index (χ0v) is 99.5. The lowest BCUT2D eigenvalue weighted by Crippen LogP contribution is -2.07. The van der Waals surface area contributed by atoms with Crippen LogP contribution in [0.1, 0.15) is 766 Å². The molecule has 0 aliphatic carbocycles. The largest absolute Gasteiger partial charge is 0.0853 e. The monoisotopic (exact) mass is 1860 g/mol. The molecule has 0 radical (unpaired) electrons.